The highest BCUT2D eigenvalue weighted by Crippen LogP contribution is 2.28. The summed E-state index contributed by atoms with van der Waals surface area (Å²) in [5, 5.41) is 2.90. The number of likely N-dealkylation sites (tertiary alicyclic amines) is 1. The minimum Gasteiger partial charge on any atom is -0.469 e. The first-order valence-corrected chi connectivity index (χ1v) is 9.93. The van der Waals surface area contributed by atoms with E-state index in [0.717, 1.165) is 12.8 Å². The van der Waals surface area contributed by atoms with Crippen molar-refractivity contribution in [3.8, 4) is 0 Å². The molecule has 1 fully saturated rings. The third-order valence-electron chi connectivity index (χ3n) is 5.12. The number of carbonyl (C=O) groups excluding carboxylic acids is 3. The Morgan fingerprint density at radius 3 is 2.62 bits per heavy atom. The Kier molecular flexibility index (Phi) is 11.3. The molecule has 0 unspecified atom stereocenters. The zero-order chi connectivity index (χ0) is 20.4. The van der Waals surface area contributed by atoms with Crippen LogP contribution in [0.15, 0.2) is 30.3 Å². The van der Waals surface area contributed by atoms with E-state index in [9.17, 15) is 14.4 Å². The standard InChI is InChI=1S/C21H31N3O4.ClH/c1-28-20(26)14-17-13-18(15-23-19(25)10-5-11-22)24(21(17)27)12-6-9-16-7-3-2-4-8-16;/h2-4,7-8,17-18H,5-6,9-15,22H2,1H3,(H,23,25);1H/t17-,18-;/m0./s1. The van der Waals surface area contributed by atoms with Gasteiger partial charge in [-0.1, -0.05) is 30.3 Å². The van der Waals surface area contributed by atoms with Gasteiger partial charge in [-0.25, -0.2) is 0 Å². The van der Waals surface area contributed by atoms with Gasteiger partial charge in [-0.3, -0.25) is 14.4 Å². The van der Waals surface area contributed by atoms with Crippen LogP contribution < -0.4 is 11.1 Å². The molecule has 2 atom stereocenters. The van der Waals surface area contributed by atoms with Gasteiger partial charge in [0.1, 0.15) is 0 Å². The number of methoxy groups -OCH3 is 1. The molecule has 0 aromatic heterocycles. The summed E-state index contributed by atoms with van der Waals surface area (Å²) in [5.74, 6) is -0.844. The zero-order valence-electron chi connectivity index (χ0n) is 17.0. The third-order valence-corrected chi connectivity index (χ3v) is 5.12. The molecule has 7 nitrogen and oxygen atoms in total. The maximum atomic E-state index is 12.8. The number of aryl methyl sites for hydroxylation is 1. The highest BCUT2D eigenvalue weighted by molar-refractivity contribution is 5.86. The van der Waals surface area contributed by atoms with E-state index in [1.54, 1.807) is 0 Å². The van der Waals surface area contributed by atoms with Gasteiger partial charge < -0.3 is 20.7 Å². The van der Waals surface area contributed by atoms with Crippen LogP contribution in [0, 0.1) is 5.92 Å². The summed E-state index contributed by atoms with van der Waals surface area (Å²) in [6.45, 7) is 1.48. The quantitative estimate of drug-likeness (QED) is 0.525. The summed E-state index contributed by atoms with van der Waals surface area (Å²) in [6.07, 6.45) is 3.37. The highest BCUT2D eigenvalue weighted by atomic mass is 35.5. The Morgan fingerprint density at radius 2 is 1.97 bits per heavy atom. The van der Waals surface area contributed by atoms with Crippen LogP contribution in [0.5, 0.6) is 0 Å². The van der Waals surface area contributed by atoms with Crippen LogP contribution >= 0.6 is 12.4 Å². The van der Waals surface area contributed by atoms with Crippen molar-refractivity contribution in [1.82, 2.24) is 10.2 Å². The van der Waals surface area contributed by atoms with E-state index in [1.807, 2.05) is 23.1 Å². The Labute approximate surface area is 178 Å². The number of amides is 2. The number of benzene rings is 1. The fraction of sp³-hybridized carbons (Fsp3) is 0.571. The van der Waals surface area contributed by atoms with E-state index in [2.05, 4.69) is 17.4 Å². The molecular formula is C21H32ClN3O4. The first kappa shape index (κ1) is 24.9. The number of carbonyl (C=O) groups is 3. The van der Waals surface area contributed by atoms with Gasteiger partial charge in [0.2, 0.25) is 11.8 Å². The second-order valence-corrected chi connectivity index (χ2v) is 7.18. The van der Waals surface area contributed by atoms with Crippen molar-refractivity contribution in [2.75, 3.05) is 26.7 Å². The van der Waals surface area contributed by atoms with Crippen molar-refractivity contribution in [3.63, 3.8) is 0 Å². The second-order valence-electron chi connectivity index (χ2n) is 7.18. The van der Waals surface area contributed by atoms with Gasteiger partial charge in [-0.15, -0.1) is 12.4 Å². The van der Waals surface area contributed by atoms with E-state index >= 15 is 0 Å². The van der Waals surface area contributed by atoms with Gasteiger partial charge in [-0.2, -0.15) is 0 Å². The number of hydrogen-bond acceptors (Lipinski definition) is 5. The molecule has 162 valence electrons. The van der Waals surface area contributed by atoms with E-state index in [4.69, 9.17) is 10.5 Å². The lowest BCUT2D eigenvalue weighted by Gasteiger charge is -2.25. The third kappa shape index (κ3) is 8.03. The Hall–Kier alpha value is -2.12. The summed E-state index contributed by atoms with van der Waals surface area (Å²) in [5.41, 5.74) is 6.67. The average Bonchev–Trinajstić information content (AvgIpc) is 3.00. The molecular weight excluding hydrogens is 394 g/mol. The number of nitrogens with zero attached hydrogens (tertiary/aromatic N) is 1. The normalized spacial score (nSPS) is 18.3. The Morgan fingerprint density at radius 1 is 1.24 bits per heavy atom. The first-order chi connectivity index (χ1) is 13.5. The first-order valence-electron chi connectivity index (χ1n) is 9.93. The largest absolute Gasteiger partial charge is 0.469 e. The van der Waals surface area contributed by atoms with Crippen molar-refractivity contribution >= 4 is 30.2 Å². The van der Waals surface area contributed by atoms with Crippen LogP contribution in [0.2, 0.25) is 0 Å². The zero-order valence-corrected chi connectivity index (χ0v) is 17.8. The van der Waals surface area contributed by atoms with Crippen molar-refractivity contribution in [2.24, 2.45) is 11.7 Å². The fourth-order valence-corrected chi connectivity index (χ4v) is 3.59. The number of halogens is 1. The van der Waals surface area contributed by atoms with Crippen molar-refractivity contribution in [1.29, 1.82) is 0 Å². The molecule has 1 saturated heterocycles. The summed E-state index contributed by atoms with van der Waals surface area (Å²) in [4.78, 5) is 38.2. The lowest BCUT2D eigenvalue weighted by atomic mass is 10.0. The second kappa shape index (κ2) is 13.2. The van der Waals surface area contributed by atoms with Gasteiger partial charge in [0.15, 0.2) is 0 Å². The maximum absolute atomic E-state index is 12.8. The van der Waals surface area contributed by atoms with Gasteiger partial charge in [0.05, 0.1) is 19.4 Å². The van der Waals surface area contributed by atoms with Crippen LogP contribution in [-0.2, 0) is 25.5 Å². The van der Waals surface area contributed by atoms with E-state index in [1.165, 1.54) is 12.7 Å². The molecule has 2 rings (SSSR count). The summed E-state index contributed by atoms with van der Waals surface area (Å²) >= 11 is 0. The molecule has 1 aliphatic heterocycles. The summed E-state index contributed by atoms with van der Waals surface area (Å²) in [6, 6.07) is 10.0. The molecule has 0 radical (unpaired) electrons. The summed E-state index contributed by atoms with van der Waals surface area (Å²) < 4.78 is 4.72. The smallest absolute Gasteiger partial charge is 0.306 e. The number of esters is 1. The average molecular weight is 426 g/mol. The van der Waals surface area contributed by atoms with E-state index < -0.39 is 0 Å². The van der Waals surface area contributed by atoms with Gasteiger partial charge in [-0.05, 0) is 37.8 Å². The van der Waals surface area contributed by atoms with Crippen LogP contribution in [-0.4, -0.2) is 55.5 Å². The number of nitrogens with one attached hydrogen (secondary N) is 1. The van der Waals surface area contributed by atoms with Crippen molar-refractivity contribution < 1.29 is 19.1 Å². The van der Waals surface area contributed by atoms with Crippen LogP contribution in [0.4, 0.5) is 0 Å². The minimum absolute atomic E-state index is 0. The SMILES string of the molecule is COC(=O)C[C@@H]1C[C@@H](CNC(=O)CCCN)N(CCCc2ccccc2)C1=O.Cl. The van der Waals surface area contributed by atoms with Crippen LogP contribution in [0.1, 0.15) is 37.7 Å². The molecule has 2 amide bonds. The molecule has 1 aromatic rings. The van der Waals surface area contributed by atoms with Gasteiger partial charge in [0.25, 0.3) is 0 Å². The molecule has 8 heteroatoms. The molecule has 3 N–H and O–H groups in total. The van der Waals surface area contributed by atoms with Crippen LogP contribution in [0.25, 0.3) is 0 Å². The number of hydrogen-bond donors (Lipinski definition) is 2. The van der Waals surface area contributed by atoms with E-state index in [0.29, 0.717) is 38.9 Å². The number of ether oxygens (including phenoxy) is 1. The van der Waals surface area contributed by atoms with E-state index in [-0.39, 0.29) is 48.6 Å². The monoisotopic (exact) mass is 425 g/mol. The molecule has 0 bridgehead atoms. The number of nitrogens with two attached hydrogens (primary N) is 1. The Bertz CT molecular complexity index is 657. The van der Waals surface area contributed by atoms with Gasteiger partial charge in [0, 0.05) is 25.6 Å². The molecule has 0 saturated carbocycles. The van der Waals surface area contributed by atoms with Gasteiger partial charge >= 0.3 is 5.97 Å². The number of rotatable bonds is 11. The predicted molar refractivity (Wildman–Crippen MR) is 114 cm³/mol. The topological polar surface area (TPSA) is 102 Å². The fourth-order valence-electron chi connectivity index (χ4n) is 3.59. The maximum Gasteiger partial charge on any atom is 0.306 e. The molecule has 1 heterocycles. The molecule has 0 aliphatic carbocycles. The molecule has 0 spiro atoms. The molecule has 1 aromatic carbocycles. The molecule has 1 aliphatic rings. The lowest BCUT2D eigenvalue weighted by molar-refractivity contribution is -0.144. The molecule has 29 heavy (non-hydrogen) atoms. The van der Waals surface area contributed by atoms with Crippen molar-refractivity contribution in [3.05, 3.63) is 35.9 Å². The van der Waals surface area contributed by atoms with Crippen LogP contribution in [0.3, 0.4) is 0 Å². The predicted octanol–water partition coefficient (Wildman–Crippen LogP) is 1.68. The Balaban J connectivity index is 0.00000420. The lowest BCUT2D eigenvalue weighted by Crippen LogP contribution is -2.42. The highest BCUT2D eigenvalue weighted by Gasteiger charge is 2.40. The minimum atomic E-state index is -0.380. The van der Waals surface area contributed by atoms with Crippen molar-refractivity contribution in [2.45, 2.75) is 44.6 Å². The summed E-state index contributed by atoms with van der Waals surface area (Å²) in [7, 11) is 1.33.